The predicted octanol–water partition coefficient (Wildman–Crippen LogP) is 2.33. The number of amides is 1. The van der Waals surface area contributed by atoms with Crippen molar-refractivity contribution in [1.29, 1.82) is 0 Å². The van der Waals surface area contributed by atoms with Crippen molar-refractivity contribution in [2.75, 3.05) is 19.5 Å². The summed E-state index contributed by atoms with van der Waals surface area (Å²) in [6.45, 7) is 0. The number of hydrogen-bond acceptors (Lipinski definition) is 4. The quantitative estimate of drug-likeness (QED) is 0.865. The Hall–Kier alpha value is -2.82. The van der Waals surface area contributed by atoms with Crippen LogP contribution in [0.25, 0.3) is 0 Å². The Labute approximate surface area is 133 Å². The Morgan fingerprint density at radius 3 is 2.48 bits per heavy atom. The van der Waals surface area contributed by atoms with Gasteiger partial charge in [0.15, 0.2) is 17.3 Å². The fourth-order valence-electron chi connectivity index (χ4n) is 3.59. The number of carbonyl (C=O) groups is 2. The molecule has 1 spiro atoms. The topological polar surface area (TPSA) is 64.6 Å². The summed E-state index contributed by atoms with van der Waals surface area (Å²) in [7, 11) is 3.07. The minimum absolute atomic E-state index is 0.184. The third kappa shape index (κ3) is 1.62. The number of ketones is 1. The van der Waals surface area contributed by atoms with E-state index in [1.54, 1.807) is 19.2 Å². The number of rotatable bonds is 2. The first-order valence-corrected chi connectivity index (χ1v) is 7.32. The van der Waals surface area contributed by atoms with Gasteiger partial charge in [0.1, 0.15) is 5.41 Å². The average molecular weight is 309 g/mol. The first-order chi connectivity index (χ1) is 11.1. The predicted molar refractivity (Wildman–Crippen MR) is 84.3 cm³/mol. The number of hydrogen-bond donors (Lipinski definition) is 1. The molecule has 2 aromatic carbocycles. The molecule has 1 amide bonds. The van der Waals surface area contributed by atoms with Crippen LogP contribution in [0, 0.1) is 0 Å². The van der Waals surface area contributed by atoms with Gasteiger partial charge in [-0.25, -0.2) is 0 Å². The SMILES string of the molecule is COc1cc2c(cc1OC)C(=O)[C@]1(C2)C(=O)Nc2ccccc21. The molecule has 23 heavy (non-hydrogen) atoms. The van der Waals surface area contributed by atoms with Gasteiger partial charge in [-0.05, 0) is 35.7 Å². The summed E-state index contributed by atoms with van der Waals surface area (Å²) >= 11 is 0. The number of benzene rings is 2. The van der Waals surface area contributed by atoms with Crippen LogP contribution < -0.4 is 14.8 Å². The molecule has 5 heteroatoms. The van der Waals surface area contributed by atoms with Gasteiger partial charge in [-0.3, -0.25) is 9.59 Å². The second-order valence-electron chi connectivity index (χ2n) is 5.78. The van der Waals surface area contributed by atoms with E-state index in [4.69, 9.17) is 9.47 Å². The summed E-state index contributed by atoms with van der Waals surface area (Å²) in [5.41, 5.74) is 1.60. The first-order valence-electron chi connectivity index (χ1n) is 7.32. The second-order valence-corrected chi connectivity index (χ2v) is 5.78. The highest BCUT2D eigenvalue weighted by Gasteiger charge is 2.57. The van der Waals surface area contributed by atoms with E-state index < -0.39 is 5.41 Å². The Morgan fingerprint density at radius 2 is 1.74 bits per heavy atom. The minimum Gasteiger partial charge on any atom is -0.493 e. The summed E-state index contributed by atoms with van der Waals surface area (Å²) in [5, 5.41) is 2.83. The van der Waals surface area contributed by atoms with Crippen molar-refractivity contribution in [2.24, 2.45) is 0 Å². The molecule has 0 saturated heterocycles. The number of methoxy groups -OCH3 is 2. The van der Waals surface area contributed by atoms with Crippen LogP contribution in [-0.2, 0) is 16.6 Å². The van der Waals surface area contributed by atoms with Gasteiger partial charge in [-0.2, -0.15) is 0 Å². The molecule has 2 aromatic rings. The second kappa shape index (κ2) is 4.59. The monoisotopic (exact) mass is 309 g/mol. The smallest absolute Gasteiger partial charge is 0.243 e. The molecule has 4 rings (SSSR count). The van der Waals surface area contributed by atoms with E-state index in [1.165, 1.54) is 7.11 Å². The maximum Gasteiger partial charge on any atom is 0.243 e. The van der Waals surface area contributed by atoms with Crippen LogP contribution in [0.2, 0.25) is 0 Å². The molecule has 0 saturated carbocycles. The van der Waals surface area contributed by atoms with Crippen molar-refractivity contribution in [1.82, 2.24) is 0 Å². The van der Waals surface area contributed by atoms with Crippen LogP contribution in [-0.4, -0.2) is 25.9 Å². The number of anilines is 1. The van der Waals surface area contributed by atoms with Crippen molar-refractivity contribution in [3.63, 3.8) is 0 Å². The zero-order valence-corrected chi connectivity index (χ0v) is 12.8. The molecule has 0 aromatic heterocycles. The highest BCUT2D eigenvalue weighted by molar-refractivity contribution is 6.28. The molecule has 1 atom stereocenters. The largest absolute Gasteiger partial charge is 0.493 e. The van der Waals surface area contributed by atoms with Crippen molar-refractivity contribution in [3.8, 4) is 11.5 Å². The lowest BCUT2D eigenvalue weighted by molar-refractivity contribution is -0.119. The van der Waals surface area contributed by atoms with E-state index in [-0.39, 0.29) is 11.7 Å². The number of nitrogens with one attached hydrogen (secondary N) is 1. The first kappa shape index (κ1) is 13.8. The Morgan fingerprint density at radius 1 is 1.04 bits per heavy atom. The third-order valence-corrected chi connectivity index (χ3v) is 4.72. The van der Waals surface area contributed by atoms with Crippen LogP contribution in [0.15, 0.2) is 36.4 Å². The molecule has 1 N–H and O–H groups in total. The zero-order valence-electron chi connectivity index (χ0n) is 12.8. The van der Waals surface area contributed by atoms with E-state index >= 15 is 0 Å². The lowest BCUT2D eigenvalue weighted by Gasteiger charge is -2.18. The summed E-state index contributed by atoms with van der Waals surface area (Å²) in [6.07, 6.45) is 0.338. The van der Waals surface area contributed by atoms with Gasteiger partial charge in [0.05, 0.1) is 14.2 Å². The summed E-state index contributed by atoms with van der Waals surface area (Å²) in [6, 6.07) is 10.8. The standard InChI is InChI=1S/C18H15NO4/c1-22-14-7-10-9-18(16(20)11(10)8-15(14)23-2)12-5-3-4-6-13(12)19-17(18)21/h3-8H,9H2,1-2H3,(H,19,21)/t18-/m1/s1. The van der Waals surface area contributed by atoms with Crippen LogP contribution >= 0.6 is 0 Å². The number of fused-ring (bicyclic) bond motifs is 3. The van der Waals surface area contributed by atoms with E-state index in [0.717, 1.165) is 11.1 Å². The van der Waals surface area contributed by atoms with Gasteiger partial charge < -0.3 is 14.8 Å². The molecule has 2 aliphatic rings. The van der Waals surface area contributed by atoms with Crippen LogP contribution in [0.4, 0.5) is 5.69 Å². The fourth-order valence-corrected chi connectivity index (χ4v) is 3.59. The van der Waals surface area contributed by atoms with Gasteiger partial charge in [0.25, 0.3) is 0 Å². The molecule has 5 nitrogen and oxygen atoms in total. The molecule has 1 heterocycles. The van der Waals surface area contributed by atoms with E-state index in [1.807, 2.05) is 24.3 Å². The molecule has 0 bridgehead atoms. The molecular formula is C18H15NO4. The van der Waals surface area contributed by atoms with Crippen LogP contribution in [0.3, 0.4) is 0 Å². The van der Waals surface area contributed by atoms with Crippen molar-refractivity contribution >= 4 is 17.4 Å². The van der Waals surface area contributed by atoms with Gasteiger partial charge in [-0.1, -0.05) is 18.2 Å². The highest BCUT2D eigenvalue weighted by Crippen LogP contribution is 2.49. The molecule has 0 radical (unpaired) electrons. The normalized spacial score (nSPS) is 21.1. The fraction of sp³-hybridized carbons (Fsp3) is 0.222. The lowest BCUT2D eigenvalue weighted by Crippen LogP contribution is -2.40. The Balaban J connectivity index is 1.92. The van der Waals surface area contributed by atoms with Gasteiger partial charge in [0.2, 0.25) is 5.91 Å². The van der Waals surface area contributed by atoms with Crippen molar-refractivity contribution in [2.45, 2.75) is 11.8 Å². The highest BCUT2D eigenvalue weighted by atomic mass is 16.5. The summed E-state index contributed by atoms with van der Waals surface area (Å²) in [4.78, 5) is 25.8. The van der Waals surface area contributed by atoms with E-state index in [9.17, 15) is 9.59 Å². The van der Waals surface area contributed by atoms with Crippen LogP contribution in [0.1, 0.15) is 21.5 Å². The molecule has 0 unspecified atom stereocenters. The van der Waals surface area contributed by atoms with Crippen molar-refractivity contribution in [3.05, 3.63) is 53.1 Å². The zero-order chi connectivity index (χ0) is 16.2. The number of para-hydroxylation sites is 1. The minimum atomic E-state index is -1.17. The number of ether oxygens (including phenoxy) is 2. The molecular weight excluding hydrogens is 294 g/mol. The van der Waals surface area contributed by atoms with Crippen LogP contribution in [0.5, 0.6) is 11.5 Å². The summed E-state index contributed by atoms with van der Waals surface area (Å²) in [5.74, 6) is 0.597. The molecule has 116 valence electrons. The summed E-state index contributed by atoms with van der Waals surface area (Å²) < 4.78 is 10.6. The number of carbonyl (C=O) groups excluding carboxylic acids is 2. The van der Waals surface area contributed by atoms with E-state index in [2.05, 4.69) is 5.32 Å². The maximum absolute atomic E-state index is 13.1. The third-order valence-electron chi connectivity index (χ3n) is 4.72. The van der Waals surface area contributed by atoms with E-state index in [0.29, 0.717) is 29.2 Å². The number of Topliss-reactive ketones (excluding diaryl/α,β-unsaturated/α-hetero) is 1. The molecule has 1 aliphatic heterocycles. The Kier molecular flexibility index (Phi) is 2.75. The van der Waals surface area contributed by atoms with Gasteiger partial charge >= 0.3 is 0 Å². The van der Waals surface area contributed by atoms with Gasteiger partial charge in [-0.15, -0.1) is 0 Å². The molecule has 1 aliphatic carbocycles. The molecule has 0 fully saturated rings. The Bertz CT molecular complexity index is 858. The lowest BCUT2D eigenvalue weighted by atomic mass is 9.78. The average Bonchev–Trinajstić information content (AvgIpc) is 3.02. The van der Waals surface area contributed by atoms with Gasteiger partial charge in [0, 0.05) is 11.3 Å². The van der Waals surface area contributed by atoms with Crippen molar-refractivity contribution < 1.29 is 19.1 Å². The maximum atomic E-state index is 13.1.